The number of rotatable bonds is 4. The van der Waals surface area contributed by atoms with Gasteiger partial charge in [-0.25, -0.2) is 4.79 Å². The lowest BCUT2D eigenvalue weighted by Crippen LogP contribution is -2.33. The van der Waals surface area contributed by atoms with Gasteiger partial charge in [-0.15, -0.1) is 0 Å². The van der Waals surface area contributed by atoms with Crippen molar-refractivity contribution in [1.82, 2.24) is 9.55 Å². The van der Waals surface area contributed by atoms with Crippen molar-refractivity contribution in [2.75, 3.05) is 12.1 Å². The first-order chi connectivity index (χ1) is 7.56. The summed E-state index contributed by atoms with van der Waals surface area (Å²) in [6.07, 6.45) is 3.61. The van der Waals surface area contributed by atoms with Crippen molar-refractivity contribution in [3.63, 3.8) is 0 Å². The molecule has 1 rings (SSSR count). The first-order valence-corrected chi connectivity index (χ1v) is 5.12. The number of hydrazone groups is 1. The van der Waals surface area contributed by atoms with Crippen molar-refractivity contribution in [2.45, 2.75) is 19.8 Å². The van der Waals surface area contributed by atoms with Crippen molar-refractivity contribution in [3.8, 4) is 0 Å². The molecule has 1 aromatic heterocycles. The largest absolute Gasteiger partial charge is 0.329 e. The Morgan fingerprint density at radius 2 is 2.25 bits per heavy atom. The lowest BCUT2D eigenvalue weighted by atomic mass is 10.4. The lowest BCUT2D eigenvalue weighted by Gasteiger charge is -2.11. The second kappa shape index (κ2) is 5.29. The van der Waals surface area contributed by atoms with Gasteiger partial charge in [-0.1, -0.05) is 13.3 Å². The van der Waals surface area contributed by atoms with Crippen LogP contribution in [-0.4, -0.2) is 22.8 Å². The van der Waals surface area contributed by atoms with Crippen LogP contribution in [-0.2, 0) is 7.05 Å². The molecule has 0 fully saturated rings. The molecule has 0 aliphatic carbocycles. The fourth-order valence-corrected chi connectivity index (χ4v) is 1.09. The molecule has 0 saturated carbocycles. The molecule has 0 aliphatic heterocycles. The van der Waals surface area contributed by atoms with E-state index in [2.05, 4.69) is 10.1 Å². The summed E-state index contributed by atoms with van der Waals surface area (Å²) in [6, 6.07) is 1.34. The topological polar surface area (TPSA) is 70.5 Å². The van der Waals surface area contributed by atoms with Gasteiger partial charge in [-0.05, 0) is 6.42 Å². The molecule has 0 atom stereocenters. The van der Waals surface area contributed by atoms with Crippen LogP contribution in [0.2, 0.25) is 0 Å². The van der Waals surface area contributed by atoms with Crippen molar-refractivity contribution in [2.24, 2.45) is 12.1 Å². The summed E-state index contributed by atoms with van der Waals surface area (Å²) in [6.45, 7) is 2.05. The Labute approximate surface area is 93.2 Å². The zero-order valence-electron chi connectivity index (χ0n) is 9.73. The molecule has 6 nitrogen and oxygen atoms in total. The summed E-state index contributed by atoms with van der Waals surface area (Å²) in [5.74, 6) is 0.389. The van der Waals surface area contributed by atoms with Crippen LogP contribution >= 0.6 is 0 Å². The van der Waals surface area contributed by atoms with Crippen molar-refractivity contribution < 1.29 is 0 Å². The molecule has 0 amide bonds. The number of unbranched alkanes of at least 4 members (excludes halogenated alkanes) is 1. The van der Waals surface area contributed by atoms with E-state index in [1.807, 2.05) is 6.92 Å². The van der Waals surface area contributed by atoms with Crippen LogP contribution in [0.4, 0.5) is 5.82 Å². The highest BCUT2D eigenvalue weighted by atomic mass is 16.2. The number of aromatic nitrogens is 2. The third-order valence-electron chi connectivity index (χ3n) is 2.15. The second-order valence-corrected chi connectivity index (χ2v) is 3.47. The van der Waals surface area contributed by atoms with Crippen LogP contribution in [0.3, 0.4) is 0 Å². The molecule has 1 N–H and O–H groups in total. The maximum atomic E-state index is 11.4. The van der Waals surface area contributed by atoms with E-state index < -0.39 is 5.69 Å². The van der Waals surface area contributed by atoms with Crippen molar-refractivity contribution in [1.29, 1.82) is 0 Å². The van der Waals surface area contributed by atoms with E-state index in [9.17, 15) is 9.59 Å². The zero-order chi connectivity index (χ0) is 12.1. The predicted octanol–water partition coefficient (Wildman–Crippen LogP) is 0.296. The van der Waals surface area contributed by atoms with Gasteiger partial charge in [0.05, 0.1) is 0 Å². The molecular weight excluding hydrogens is 208 g/mol. The molecule has 0 unspecified atom stereocenters. The van der Waals surface area contributed by atoms with Crippen LogP contribution in [0.1, 0.15) is 19.8 Å². The van der Waals surface area contributed by atoms with Gasteiger partial charge in [0, 0.05) is 26.4 Å². The summed E-state index contributed by atoms with van der Waals surface area (Å²) in [5.41, 5.74) is -0.795. The third-order valence-corrected chi connectivity index (χ3v) is 2.15. The van der Waals surface area contributed by atoms with E-state index in [1.54, 1.807) is 13.3 Å². The summed E-state index contributed by atoms with van der Waals surface area (Å²) < 4.78 is 1.01. The van der Waals surface area contributed by atoms with Gasteiger partial charge in [-0.3, -0.25) is 19.4 Å². The SMILES string of the molecule is CCC/C=N\N(C)c1cc(=O)n(C)c(=O)[nH]1. The van der Waals surface area contributed by atoms with Gasteiger partial charge in [0.2, 0.25) is 0 Å². The van der Waals surface area contributed by atoms with E-state index in [0.29, 0.717) is 5.82 Å². The van der Waals surface area contributed by atoms with Crippen LogP contribution in [0.5, 0.6) is 0 Å². The summed E-state index contributed by atoms with van der Waals surface area (Å²) in [7, 11) is 3.10. The minimum Gasteiger partial charge on any atom is -0.292 e. The standard InChI is InChI=1S/C10H16N4O2/c1-4-5-6-11-14(3)8-7-9(15)13(2)10(16)12-8/h6-7H,4-5H2,1-3H3,(H,12,16)/b11-6-. The molecule has 88 valence electrons. The van der Waals surface area contributed by atoms with E-state index in [1.165, 1.54) is 18.1 Å². The normalized spacial score (nSPS) is 10.9. The predicted molar refractivity (Wildman–Crippen MR) is 64.1 cm³/mol. The minimum absolute atomic E-state index is 0.351. The highest BCUT2D eigenvalue weighted by molar-refractivity contribution is 5.59. The summed E-state index contributed by atoms with van der Waals surface area (Å²) in [5, 5.41) is 5.56. The average Bonchev–Trinajstić information content (AvgIpc) is 2.25. The Morgan fingerprint density at radius 3 is 2.81 bits per heavy atom. The number of anilines is 1. The monoisotopic (exact) mass is 224 g/mol. The molecule has 0 spiro atoms. The molecule has 0 saturated heterocycles. The Kier molecular flexibility index (Phi) is 4.04. The number of aromatic amines is 1. The Morgan fingerprint density at radius 1 is 1.56 bits per heavy atom. The molecule has 0 aromatic carbocycles. The Bertz CT molecular complexity index is 455. The fourth-order valence-electron chi connectivity index (χ4n) is 1.09. The fraction of sp³-hybridized carbons (Fsp3) is 0.500. The van der Waals surface area contributed by atoms with E-state index >= 15 is 0 Å². The molecule has 0 bridgehead atoms. The van der Waals surface area contributed by atoms with Crippen LogP contribution in [0.25, 0.3) is 0 Å². The molecule has 16 heavy (non-hydrogen) atoms. The Hall–Kier alpha value is -1.85. The minimum atomic E-state index is -0.444. The average molecular weight is 224 g/mol. The number of hydrogen-bond donors (Lipinski definition) is 1. The molecule has 6 heteroatoms. The molecule has 1 heterocycles. The van der Waals surface area contributed by atoms with Gasteiger partial charge < -0.3 is 0 Å². The highest BCUT2D eigenvalue weighted by Crippen LogP contribution is 2.01. The molecule has 0 radical (unpaired) electrons. The van der Waals surface area contributed by atoms with Crippen LogP contribution < -0.4 is 16.3 Å². The Balaban J connectivity index is 2.97. The number of H-pyrrole nitrogens is 1. The molecule has 0 aliphatic rings. The van der Waals surface area contributed by atoms with Gasteiger partial charge >= 0.3 is 5.69 Å². The van der Waals surface area contributed by atoms with Crippen molar-refractivity contribution >= 4 is 12.0 Å². The maximum absolute atomic E-state index is 11.4. The second-order valence-electron chi connectivity index (χ2n) is 3.47. The number of nitrogens with zero attached hydrogens (tertiary/aromatic N) is 3. The van der Waals surface area contributed by atoms with Crippen molar-refractivity contribution in [3.05, 3.63) is 26.9 Å². The first kappa shape index (κ1) is 12.2. The zero-order valence-corrected chi connectivity index (χ0v) is 9.73. The lowest BCUT2D eigenvalue weighted by molar-refractivity contribution is 0.766. The third kappa shape index (κ3) is 2.82. The van der Waals surface area contributed by atoms with E-state index in [-0.39, 0.29) is 5.56 Å². The van der Waals surface area contributed by atoms with Crippen LogP contribution in [0.15, 0.2) is 20.8 Å². The first-order valence-electron chi connectivity index (χ1n) is 5.12. The number of hydrogen-bond acceptors (Lipinski definition) is 4. The quantitative estimate of drug-likeness (QED) is 0.590. The van der Waals surface area contributed by atoms with E-state index in [0.717, 1.165) is 17.4 Å². The molecule has 1 aromatic rings. The number of nitrogens with one attached hydrogen (secondary N) is 1. The van der Waals surface area contributed by atoms with Gasteiger partial charge in [0.25, 0.3) is 5.56 Å². The van der Waals surface area contributed by atoms with Gasteiger partial charge in [0.1, 0.15) is 5.82 Å². The molecular formula is C10H16N4O2. The summed E-state index contributed by atoms with van der Waals surface area (Å²) in [4.78, 5) is 25.2. The maximum Gasteiger partial charge on any atom is 0.329 e. The van der Waals surface area contributed by atoms with Gasteiger partial charge in [0.15, 0.2) is 0 Å². The van der Waals surface area contributed by atoms with E-state index in [4.69, 9.17) is 0 Å². The highest BCUT2D eigenvalue weighted by Gasteiger charge is 2.03. The van der Waals surface area contributed by atoms with Gasteiger partial charge in [-0.2, -0.15) is 5.10 Å². The smallest absolute Gasteiger partial charge is 0.292 e. The summed E-state index contributed by atoms with van der Waals surface area (Å²) >= 11 is 0. The van der Waals surface area contributed by atoms with Crippen LogP contribution in [0, 0.1) is 0 Å².